The summed E-state index contributed by atoms with van der Waals surface area (Å²) in [5.74, 6) is -2.15. The van der Waals surface area contributed by atoms with Gasteiger partial charge in [-0.15, -0.1) is 0 Å². The molecule has 0 fully saturated rings. The number of aliphatic carboxylic acids is 2. The van der Waals surface area contributed by atoms with Gasteiger partial charge in [-0.2, -0.15) is 0 Å². The van der Waals surface area contributed by atoms with Gasteiger partial charge in [0.1, 0.15) is 12.1 Å². The van der Waals surface area contributed by atoms with E-state index in [9.17, 15) is 24.6 Å². The molecule has 0 aromatic rings. The summed E-state index contributed by atoms with van der Waals surface area (Å²) in [6.07, 6.45) is 2.02. The van der Waals surface area contributed by atoms with Crippen LogP contribution in [0.1, 0.15) is 33.1 Å². The summed E-state index contributed by atoms with van der Waals surface area (Å²) in [4.78, 5) is 33.1. The molecule has 0 saturated carbocycles. The lowest BCUT2D eigenvalue weighted by molar-refractivity contribution is -0.466. The standard InChI is InChI=1S/C6H14N4O2.C6H13N3O3.CH4/c7-4(5(11)12)2-1-3-10-6(8)9;7-4(5(10)11)2-1-3-9-6(8)12;/h4H,1-3,7H2,(H,11,12)(H4,8,9,10);4H,1-3,7H2,(H,10,11)(H3,8,9,12);1H4/p+1. The first kappa shape index (κ1) is 27.3. The fraction of sp³-hybridized carbons (Fsp3) is 0.692. The van der Waals surface area contributed by atoms with E-state index in [0.29, 0.717) is 38.8 Å². The van der Waals surface area contributed by atoms with E-state index >= 15 is 0 Å². The third-order valence-corrected chi connectivity index (χ3v) is 2.75. The zero-order chi connectivity index (χ0) is 19.1. The molecule has 12 nitrogen and oxygen atoms in total. The maximum atomic E-state index is 10.2. The van der Waals surface area contributed by atoms with Crippen molar-refractivity contribution in [2.24, 2.45) is 17.2 Å². The monoisotopic (exact) mass is 366 g/mol. The zero-order valence-electron chi connectivity index (χ0n) is 13.6. The predicted molar refractivity (Wildman–Crippen MR) is 85.4 cm³/mol. The lowest BCUT2D eigenvalue weighted by Gasteiger charge is -2.08. The normalized spacial score (nSPS) is 11.6. The molecule has 14 N–H and O–H groups in total. The highest BCUT2D eigenvalue weighted by Crippen LogP contribution is 1.89. The second kappa shape index (κ2) is 16.3. The predicted octanol–water partition coefficient (Wildman–Crippen LogP) is -8.09. The number of primary amides is 1. The van der Waals surface area contributed by atoms with E-state index < -0.39 is 30.1 Å². The first-order valence-electron chi connectivity index (χ1n) is 7.30. The van der Waals surface area contributed by atoms with Crippen LogP contribution in [0.3, 0.4) is 0 Å². The van der Waals surface area contributed by atoms with Crippen molar-refractivity contribution in [2.45, 2.75) is 45.2 Å². The average Bonchev–Trinajstić information content (AvgIpc) is 2.47. The van der Waals surface area contributed by atoms with Gasteiger partial charge >= 0.3 is 12.0 Å². The molecule has 148 valence electrons. The van der Waals surface area contributed by atoms with E-state index in [1.165, 1.54) is 0 Å². The van der Waals surface area contributed by atoms with E-state index in [1.54, 1.807) is 0 Å². The Kier molecular flexibility index (Phi) is 17.7. The number of amides is 2. The molecule has 25 heavy (non-hydrogen) atoms. The molecule has 0 aliphatic carbocycles. The van der Waals surface area contributed by atoms with Crippen LogP contribution >= 0.6 is 0 Å². The quantitative estimate of drug-likeness (QED) is 0.111. The molecule has 0 aliphatic rings. The van der Waals surface area contributed by atoms with Gasteiger partial charge in [-0.3, -0.25) is 16.5 Å². The van der Waals surface area contributed by atoms with Crippen molar-refractivity contribution < 1.29 is 41.1 Å². The second-order valence-electron chi connectivity index (χ2n) is 4.99. The molecule has 12 heteroatoms. The summed E-state index contributed by atoms with van der Waals surface area (Å²) in [5, 5.41) is 22.7. The molecule has 2 unspecified atom stereocenters. The number of hydrogen-bond acceptors (Lipinski definition) is 5. The number of quaternary nitrogens is 2. The Morgan fingerprint density at radius 2 is 1.40 bits per heavy atom. The Labute approximate surface area is 146 Å². The van der Waals surface area contributed by atoms with E-state index in [0.717, 1.165) is 0 Å². The van der Waals surface area contributed by atoms with E-state index in [-0.39, 0.29) is 13.4 Å². The van der Waals surface area contributed by atoms with Crippen molar-refractivity contribution >= 4 is 23.9 Å². The molecular weight excluding hydrogens is 334 g/mol. The number of urea groups is 1. The average molecular weight is 366 g/mol. The Balaban J connectivity index is -0.000000372. The van der Waals surface area contributed by atoms with Crippen molar-refractivity contribution in [3.63, 3.8) is 0 Å². The maximum Gasteiger partial charge on any atom is 0.338 e. The largest absolute Gasteiger partial charge is 0.544 e. The minimum Gasteiger partial charge on any atom is -0.544 e. The van der Waals surface area contributed by atoms with E-state index in [2.05, 4.69) is 21.8 Å². The van der Waals surface area contributed by atoms with Crippen LogP contribution in [0, 0.1) is 0 Å². The highest BCUT2D eigenvalue weighted by atomic mass is 16.4. The highest BCUT2D eigenvalue weighted by Gasteiger charge is 2.06. The Hall–Kier alpha value is -2.60. The lowest BCUT2D eigenvalue weighted by atomic mass is 10.2. The molecule has 0 bridgehead atoms. The van der Waals surface area contributed by atoms with Gasteiger partial charge in [-0.25, -0.2) is 4.79 Å². The molecular formula is C13H32N7O5+. The van der Waals surface area contributed by atoms with Crippen LogP contribution in [0.5, 0.6) is 0 Å². The van der Waals surface area contributed by atoms with Gasteiger partial charge in [0.2, 0.25) is 0 Å². The fourth-order valence-corrected chi connectivity index (χ4v) is 1.38. The first-order chi connectivity index (χ1) is 11.1. The van der Waals surface area contributed by atoms with Crippen molar-refractivity contribution in [3.05, 3.63) is 0 Å². The maximum absolute atomic E-state index is 10.2. The van der Waals surface area contributed by atoms with E-state index in [4.69, 9.17) is 17.2 Å². The van der Waals surface area contributed by atoms with Gasteiger partial charge in [-0.1, -0.05) is 7.43 Å². The summed E-state index contributed by atoms with van der Waals surface area (Å²) in [7, 11) is 0. The van der Waals surface area contributed by atoms with Crippen molar-refractivity contribution in [1.29, 1.82) is 0 Å². The molecule has 0 aromatic carbocycles. The molecule has 0 saturated heterocycles. The van der Waals surface area contributed by atoms with Gasteiger partial charge in [0.15, 0.2) is 0 Å². The number of carbonyl (C=O) groups excluding carboxylic acids is 3. The molecule has 0 aliphatic heterocycles. The number of nitrogens with one attached hydrogen (secondary N) is 2. The van der Waals surface area contributed by atoms with Gasteiger partial charge < -0.3 is 42.3 Å². The van der Waals surface area contributed by atoms with Gasteiger partial charge in [0, 0.05) is 19.4 Å². The zero-order valence-corrected chi connectivity index (χ0v) is 13.6. The summed E-state index contributed by atoms with van der Waals surface area (Å²) < 4.78 is 0. The van der Waals surface area contributed by atoms with Gasteiger partial charge in [-0.05, 0) is 12.8 Å². The van der Waals surface area contributed by atoms with Crippen LogP contribution in [-0.2, 0) is 9.59 Å². The lowest BCUT2D eigenvalue weighted by Crippen LogP contribution is -2.78. The molecule has 0 aromatic heterocycles. The van der Waals surface area contributed by atoms with Crippen molar-refractivity contribution in [1.82, 2.24) is 5.32 Å². The van der Waals surface area contributed by atoms with Crippen LogP contribution in [0.4, 0.5) is 4.79 Å². The van der Waals surface area contributed by atoms with Crippen LogP contribution < -0.4 is 49.2 Å². The number of carbonyl (C=O) groups is 3. The smallest absolute Gasteiger partial charge is 0.338 e. The van der Waals surface area contributed by atoms with E-state index in [1.807, 2.05) is 0 Å². The molecule has 0 radical (unpaired) electrons. The van der Waals surface area contributed by atoms with Crippen molar-refractivity contribution in [3.8, 4) is 0 Å². The summed E-state index contributed by atoms with van der Waals surface area (Å²) in [5.41, 5.74) is 21.7. The molecule has 0 rings (SSSR count). The Morgan fingerprint density at radius 1 is 0.960 bits per heavy atom. The van der Waals surface area contributed by atoms with Crippen LogP contribution in [-0.4, -0.2) is 49.1 Å². The third kappa shape index (κ3) is 21.4. The number of nitrogens with two attached hydrogens (primary N) is 3. The SMILES string of the molecule is C.NC(=O)NCCCC([NH3+])C(=O)[O-].NC(N)=[NH+]CCCC([NH3+])C(=O)[O-]. The highest BCUT2D eigenvalue weighted by molar-refractivity contribution is 5.71. The number of rotatable bonds is 10. The van der Waals surface area contributed by atoms with Crippen molar-refractivity contribution in [2.75, 3.05) is 13.1 Å². The van der Waals surface area contributed by atoms with Crippen LogP contribution in [0.25, 0.3) is 0 Å². The molecule has 0 spiro atoms. The minimum atomic E-state index is -1.17. The summed E-state index contributed by atoms with van der Waals surface area (Å²) in [6.45, 7) is 0.927. The number of hydrogen-bond donors (Lipinski definition) is 7. The molecule has 2 amide bonds. The fourth-order valence-electron chi connectivity index (χ4n) is 1.38. The van der Waals surface area contributed by atoms with Gasteiger partial charge in [0.25, 0.3) is 0 Å². The summed E-state index contributed by atoms with van der Waals surface area (Å²) in [6, 6.07) is -1.99. The number of carboxylic acid groups (broad SMARTS) is 2. The topological polar surface area (TPSA) is 257 Å². The van der Waals surface area contributed by atoms with Gasteiger partial charge in [0.05, 0.1) is 18.5 Å². The summed E-state index contributed by atoms with van der Waals surface area (Å²) >= 11 is 0. The Bertz CT molecular complexity index is 427. The molecule has 0 heterocycles. The first-order valence-corrected chi connectivity index (χ1v) is 7.30. The second-order valence-corrected chi connectivity index (χ2v) is 4.99. The Morgan fingerprint density at radius 3 is 1.76 bits per heavy atom. The van der Waals surface area contributed by atoms with Crippen LogP contribution in [0.2, 0.25) is 0 Å². The van der Waals surface area contributed by atoms with Crippen LogP contribution in [0.15, 0.2) is 0 Å². The molecule has 2 atom stereocenters. The minimum absolute atomic E-state index is 0. The third-order valence-electron chi connectivity index (χ3n) is 2.75. The number of guanidine groups is 1. The number of carboxylic acids is 2.